The smallest absolute Gasteiger partial charge is 0.258 e. The molecule has 7 heteroatoms. The van der Waals surface area contributed by atoms with Crippen molar-refractivity contribution in [1.82, 2.24) is 4.98 Å². The number of aryl methyl sites for hydroxylation is 1. The number of nitriles is 1. The van der Waals surface area contributed by atoms with Gasteiger partial charge in [-0.2, -0.15) is 5.26 Å². The Labute approximate surface area is 181 Å². The largest absolute Gasteiger partial charge is 0.298 e. The lowest BCUT2D eigenvalue weighted by atomic mass is 9.95. The second-order valence-corrected chi connectivity index (χ2v) is 7.91. The lowest BCUT2D eigenvalue weighted by Crippen LogP contribution is -2.13. The summed E-state index contributed by atoms with van der Waals surface area (Å²) in [7, 11) is 0. The molecule has 1 amide bonds. The predicted molar refractivity (Wildman–Crippen MR) is 117 cm³/mol. The number of aromatic nitrogens is 1. The Bertz CT molecular complexity index is 1340. The number of nitrogens with zero attached hydrogens (tertiary/aromatic N) is 2. The van der Waals surface area contributed by atoms with Gasteiger partial charge in [0.1, 0.15) is 0 Å². The van der Waals surface area contributed by atoms with Gasteiger partial charge in [0.05, 0.1) is 17.3 Å². The summed E-state index contributed by atoms with van der Waals surface area (Å²) in [5, 5.41) is 12.5. The van der Waals surface area contributed by atoms with Gasteiger partial charge in [-0.05, 0) is 42.8 Å². The number of benzene rings is 3. The molecule has 0 aliphatic rings. The van der Waals surface area contributed by atoms with Crippen molar-refractivity contribution >= 4 is 22.4 Å². The molecule has 0 aliphatic heterocycles. The molecule has 0 fully saturated rings. The summed E-state index contributed by atoms with van der Waals surface area (Å²) in [5.74, 6) is -2.27. The average Bonchev–Trinajstić information content (AvgIpc) is 3.15. The first-order valence-corrected chi connectivity index (χ1v) is 10.1. The number of hydrogen-bond acceptors (Lipinski definition) is 4. The summed E-state index contributed by atoms with van der Waals surface area (Å²) in [6, 6.07) is 19.8. The Morgan fingerprint density at radius 1 is 1.00 bits per heavy atom. The fraction of sp³-hybridized carbons (Fsp3) is 0.0417. The van der Waals surface area contributed by atoms with E-state index in [4.69, 9.17) is 0 Å². The molecule has 4 nitrogen and oxygen atoms in total. The third-order valence-electron chi connectivity index (χ3n) is 4.72. The number of amides is 1. The Kier molecular flexibility index (Phi) is 5.56. The highest BCUT2D eigenvalue weighted by Gasteiger charge is 2.18. The third-order valence-corrected chi connectivity index (χ3v) is 5.61. The van der Waals surface area contributed by atoms with Crippen LogP contribution in [-0.4, -0.2) is 10.9 Å². The minimum absolute atomic E-state index is 0.339. The molecule has 0 radical (unpaired) electrons. The molecule has 0 bridgehead atoms. The second-order valence-electron chi connectivity index (χ2n) is 6.71. The maximum atomic E-state index is 13.6. The van der Waals surface area contributed by atoms with E-state index in [9.17, 15) is 18.8 Å². The Hall–Kier alpha value is -3.89. The van der Waals surface area contributed by atoms with Crippen molar-refractivity contribution in [3.63, 3.8) is 0 Å². The number of carbonyl (C=O) groups is 1. The number of rotatable bonds is 4. The standard InChI is InChI=1S/C24H15F2N3OS/c1-14-22(15-10-11-20(25)21(26)12-15)28-24(31-14)29-23(30)19-9-5-4-8-18(19)17-7-3-2-6-16(17)13-27/h2-12H,1H3,(H,28,29,30). The van der Waals surface area contributed by atoms with Gasteiger partial charge in [0.25, 0.3) is 5.91 Å². The molecule has 0 spiro atoms. The molecule has 0 saturated carbocycles. The highest BCUT2D eigenvalue weighted by Crippen LogP contribution is 2.32. The lowest BCUT2D eigenvalue weighted by Gasteiger charge is -2.10. The molecular formula is C24H15F2N3OS. The van der Waals surface area contributed by atoms with Gasteiger partial charge in [-0.15, -0.1) is 11.3 Å². The Balaban J connectivity index is 1.66. The quantitative estimate of drug-likeness (QED) is 0.419. The zero-order valence-electron chi connectivity index (χ0n) is 16.3. The number of halogens is 2. The highest BCUT2D eigenvalue weighted by atomic mass is 32.1. The van der Waals surface area contributed by atoms with E-state index >= 15 is 0 Å². The summed E-state index contributed by atoms with van der Waals surface area (Å²) >= 11 is 1.24. The first-order chi connectivity index (χ1) is 15.0. The van der Waals surface area contributed by atoms with Gasteiger partial charge in [-0.1, -0.05) is 36.4 Å². The number of nitrogens with one attached hydrogen (secondary N) is 1. The minimum atomic E-state index is -0.958. The van der Waals surface area contributed by atoms with Gasteiger partial charge >= 0.3 is 0 Å². The maximum Gasteiger partial charge on any atom is 0.258 e. The molecule has 0 saturated heterocycles. The van der Waals surface area contributed by atoms with Gasteiger partial charge in [0.15, 0.2) is 16.8 Å². The summed E-state index contributed by atoms with van der Waals surface area (Å²) < 4.78 is 26.9. The fourth-order valence-corrected chi connectivity index (χ4v) is 4.09. The monoisotopic (exact) mass is 431 g/mol. The minimum Gasteiger partial charge on any atom is -0.298 e. The number of thiazole rings is 1. The Morgan fingerprint density at radius 3 is 2.45 bits per heavy atom. The van der Waals surface area contributed by atoms with Crippen LogP contribution in [0.2, 0.25) is 0 Å². The molecule has 4 rings (SSSR count). The number of carbonyl (C=O) groups excluding carboxylic acids is 1. The van der Waals surface area contributed by atoms with Crippen molar-refractivity contribution in [1.29, 1.82) is 5.26 Å². The topological polar surface area (TPSA) is 65.8 Å². The van der Waals surface area contributed by atoms with E-state index in [0.717, 1.165) is 17.0 Å². The van der Waals surface area contributed by atoms with Crippen LogP contribution in [0.5, 0.6) is 0 Å². The van der Waals surface area contributed by atoms with Crippen molar-refractivity contribution in [2.75, 3.05) is 5.32 Å². The van der Waals surface area contributed by atoms with Gasteiger partial charge in [-0.25, -0.2) is 13.8 Å². The Morgan fingerprint density at radius 2 is 1.71 bits per heavy atom. The number of anilines is 1. The van der Waals surface area contributed by atoms with E-state index in [1.165, 1.54) is 17.4 Å². The normalized spacial score (nSPS) is 10.5. The van der Waals surface area contributed by atoms with E-state index in [1.54, 1.807) is 49.4 Å². The first-order valence-electron chi connectivity index (χ1n) is 9.30. The molecule has 152 valence electrons. The van der Waals surface area contributed by atoms with E-state index in [2.05, 4.69) is 16.4 Å². The molecule has 1 N–H and O–H groups in total. The molecule has 0 atom stereocenters. The van der Waals surface area contributed by atoms with E-state index in [0.29, 0.717) is 38.6 Å². The van der Waals surface area contributed by atoms with Gasteiger partial charge < -0.3 is 0 Å². The highest BCUT2D eigenvalue weighted by molar-refractivity contribution is 7.16. The summed E-state index contributed by atoms with van der Waals surface area (Å²) in [4.78, 5) is 18.2. The van der Waals surface area contributed by atoms with Crippen LogP contribution in [0.4, 0.5) is 13.9 Å². The zero-order chi connectivity index (χ0) is 22.0. The van der Waals surface area contributed by atoms with Gasteiger partial charge in [0, 0.05) is 21.6 Å². The molecule has 1 aromatic heterocycles. The van der Waals surface area contributed by atoms with Crippen molar-refractivity contribution in [3.8, 4) is 28.5 Å². The summed E-state index contributed by atoms with van der Waals surface area (Å²) in [6.07, 6.45) is 0. The van der Waals surface area contributed by atoms with Crippen LogP contribution in [0.3, 0.4) is 0 Å². The van der Waals surface area contributed by atoms with Gasteiger partial charge in [-0.3, -0.25) is 10.1 Å². The van der Waals surface area contributed by atoms with E-state index in [-0.39, 0.29) is 5.91 Å². The maximum absolute atomic E-state index is 13.6. The summed E-state index contributed by atoms with van der Waals surface area (Å²) in [6.45, 7) is 1.79. The van der Waals surface area contributed by atoms with Crippen molar-refractivity contribution in [2.45, 2.75) is 6.92 Å². The molecule has 31 heavy (non-hydrogen) atoms. The molecule has 3 aromatic carbocycles. The van der Waals surface area contributed by atoms with E-state index < -0.39 is 11.6 Å². The average molecular weight is 431 g/mol. The zero-order valence-corrected chi connectivity index (χ0v) is 17.1. The SMILES string of the molecule is Cc1sc(NC(=O)c2ccccc2-c2ccccc2C#N)nc1-c1ccc(F)c(F)c1. The molecule has 4 aromatic rings. The van der Waals surface area contributed by atoms with Crippen LogP contribution in [0.25, 0.3) is 22.4 Å². The fourth-order valence-electron chi connectivity index (χ4n) is 3.26. The van der Waals surface area contributed by atoms with Crippen LogP contribution >= 0.6 is 11.3 Å². The van der Waals surface area contributed by atoms with E-state index in [1.807, 2.05) is 6.07 Å². The number of hydrogen-bond donors (Lipinski definition) is 1. The van der Waals surface area contributed by atoms with Crippen LogP contribution in [0, 0.1) is 29.9 Å². The molecule has 0 aliphatic carbocycles. The first kappa shape index (κ1) is 20.4. The van der Waals surface area contributed by atoms with Crippen molar-refractivity contribution in [2.24, 2.45) is 0 Å². The molecular weight excluding hydrogens is 416 g/mol. The van der Waals surface area contributed by atoms with Crippen molar-refractivity contribution in [3.05, 3.63) is 94.4 Å². The second kappa shape index (κ2) is 8.46. The van der Waals surface area contributed by atoms with Crippen LogP contribution in [0.15, 0.2) is 66.7 Å². The predicted octanol–water partition coefficient (Wildman–Crippen LogP) is 6.19. The van der Waals surface area contributed by atoms with Crippen LogP contribution in [-0.2, 0) is 0 Å². The molecule has 0 unspecified atom stereocenters. The van der Waals surface area contributed by atoms with Crippen LogP contribution in [0.1, 0.15) is 20.8 Å². The van der Waals surface area contributed by atoms with Crippen molar-refractivity contribution < 1.29 is 13.6 Å². The molecule has 1 heterocycles. The lowest BCUT2D eigenvalue weighted by molar-refractivity contribution is 0.102. The third kappa shape index (κ3) is 4.06. The summed E-state index contributed by atoms with van der Waals surface area (Å²) in [5.41, 5.74) is 3.06. The van der Waals surface area contributed by atoms with Gasteiger partial charge in [0.2, 0.25) is 0 Å². The van der Waals surface area contributed by atoms with Crippen LogP contribution < -0.4 is 5.32 Å².